The van der Waals surface area contributed by atoms with Gasteiger partial charge in [-0.25, -0.2) is 0 Å². The molecule has 2 atom stereocenters. The lowest BCUT2D eigenvalue weighted by atomic mass is 10.2. The van der Waals surface area contributed by atoms with Crippen LogP contribution in [0.4, 0.5) is 0 Å². The van der Waals surface area contributed by atoms with Crippen molar-refractivity contribution in [3.05, 3.63) is 0 Å². The molecule has 2 heterocycles. The molecule has 5 nitrogen and oxygen atoms in total. The third-order valence-corrected chi connectivity index (χ3v) is 9.43. The van der Waals surface area contributed by atoms with Gasteiger partial charge in [0.05, 0.1) is 25.4 Å². The van der Waals surface area contributed by atoms with Gasteiger partial charge in [0.25, 0.3) is 0 Å². The molecule has 0 aromatic carbocycles. The minimum absolute atomic E-state index is 0.248. The van der Waals surface area contributed by atoms with Crippen molar-refractivity contribution < 1.29 is 22.4 Å². The van der Waals surface area contributed by atoms with Crippen molar-refractivity contribution in [1.29, 1.82) is 0 Å². The second-order valence-corrected chi connectivity index (χ2v) is 13.8. The molecule has 0 spiro atoms. The molecule has 2 rings (SSSR count). The molecular formula is C14H30O5Si2. The fourth-order valence-electron chi connectivity index (χ4n) is 2.79. The van der Waals surface area contributed by atoms with E-state index >= 15 is 0 Å². The molecule has 0 aromatic rings. The number of ether oxygens (including phenoxy) is 2. The van der Waals surface area contributed by atoms with Crippen molar-refractivity contribution in [2.24, 2.45) is 0 Å². The van der Waals surface area contributed by atoms with Gasteiger partial charge in [-0.05, 0) is 51.9 Å². The summed E-state index contributed by atoms with van der Waals surface area (Å²) < 4.78 is 29.5. The molecular weight excluding hydrogens is 304 g/mol. The molecule has 2 unspecified atom stereocenters. The maximum Gasteiger partial charge on any atom is 0.323 e. The zero-order valence-corrected chi connectivity index (χ0v) is 15.9. The standard InChI is InChI=1S/C14H30O5Si2/c1-20(2,17-11-13-7-5-9-15-13)19-21(3,4)18-12-14-8-6-10-16-14/h13-14H,5-12H2,1-4H3. The third-order valence-electron chi connectivity index (χ3n) is 3.77. The summed E-state index contributed by atoms with van der Waals surface area (Å²) in [5.74, 6) is 0. The molecule has 2 fully saturated rings. The Bertz CT molecular complexity index is 282. The molecule has 0 bridgehead atoms. The van der Waals surface area contributed by atoms with Gasteiger partial charge in [0.1, 0.15) is 0 Å². The van der Waals surface area contributed by atoms with Crippen LogP contribution < -0.4 is 0 Å². The monoisotopic (exact) mass is 334 g/mol. The molecule has 124 valence electrons. The fourth-order valence-corrected chi connectivity index (χ4v) is 9.17. The van der Waals surface area contributed by atoms with Gasteiger partial charge in [-0.2, -0.15) is 0 Å². The summed E-state index contributed by atoms with van der Waals surface area (Å²) in [6, 6.07) is 0. The van der Waals surface area contributed by atoms with Crippen molar-refractivity contribution in [2.45, 2.75) is 64.1 Å². The van der Waals surface area contributed by atoms with Crippen LogP contribution in [-0.2, 0) is 22.4 Å². The van der Waals surface area contributed by atoms with E-state index in [4.69, 9.17) is 22.4 Å². The van der Waals surface area contributed by atoms with Crippen molar-refractivity contribution in [3.8, 4) is 0 Å². The van der Waals surface area contributed by atoms with Gasteiger partial charge < -0.3 is 22.4 Å². The number of rotatable bonds is 8. The van der Waals surface area contributed by atoms with Crippen molar-refractivity contribution in [1.82, 2.24) is 0 Å². The van der Waals surface area contributed by atoms with Gasteiger partial charge in [-0.3, -0.25) is 0 Å². The Morgan fingerprint density at radius 2 is 1.24 bits per heavy atom. The normalized spacial score (nSPS) is 27.4. The van der Waals surface area contributed by atoms with E-state index in [1.165, 1.54) is 0 Å². The van der Waals surface area contributed by atoms with Gasteiger partial charge >= 0.3 is 17.1 Å². The van der Waals surface area contributed by atoms with Crippen LogP contribution in [0.5, 0.6) is 0 Å². The first kappa shape index (κ1) is 17.6. The highest BCUT2D eigenvalue weighted by Crippen LogP contribution is 2.21. The van der Waals surface area contributed by atoms with Crippen molar-refractivity contribution in [2.75, 3.05) is 26.4 Å². The van der Waals surface area contributed by atoms with E-state index in [1.54, 1.807) is 0 Å². The quantitative estimate of drug-likeness (QED) is 0.639. The first-order valence-corrected chi connectivity index (χ1v) is 13.7. The SMILES string of the molecule is C[Si](C)(OCC1CCCO1)O[Si](C)(C)OCC1CCCO1. The molecule has 21 heavy (non-hydrogen) atoms. The zero-order chi connectivity index (χ0) is 15.3. The van der Waals surface area contributed by atoms with Crippen LogP contribution in [0.25, 0.3) is 0 Å². The second-order valence-electron chi connectivity index (χ2n) is 6.79. The highest BCUT2D eigenvalue weighted by atomic mass is 28.5. The molecule has 0 amide bonds. The van der Waals surface area contributed by atoms with Crippen LogP contribution in [0.3, 0.4) is 0 Å². The molecule has 0 saturated carbocycles. The smallest absolute Gasteiger partial charge is 0.323 e. The Kier molecular flexibility index (Phi) is 6.43. The Morgan fingerprint density at radius 1 is 0.810 bits per heavy atom. The minimum Gasteiger partial charge on any atom is -0.415 e. The van der Waals surface area contributed by atoms with E-state index in [0.717, 1.165) is 38.9 Å². The van der Waals surface area contributed by atoms with Gasteiger partial charge in [0.2, 0.25) is 0 Å². The lowest BCUT2D eigenvalue weighted by molar-refractivity contribution is 0.0465. The third kappa shape index (κ3) is 6.47. The summed E-state index contributed by atoms with van der Waals surface area (Å²) in [4.78, 5) is 0. The highest BCUT2D eigenvalue weighted by Gasteiger charge is 2.37. The predicted molar refractivity (Wildman–Crippen MR) is 85.9 cm³/mol. The Hall–Kier alpha value is 0.234. The minimum atomic E-state index is -2.17. The van der Waals surface area contributed by atoms with Gasteiger partial charge in [-0.1, -0.05) is 0 Å². The molecule has 7 heteroatoms. The number of hydrogen-bond donors (Lipinski definition) is 0. The summed E-state index contributed by atoms with van der Waals surface area (Å²) in [6.45, 7) is 11.4. The molecule has 0 aromatic heterocycles. The largest absolute Gasteiger partial charge is 0.415 e. The van der Waals surface area contributed by atoms with E-state index in [0.29, 0.717) is 13.2 Å². The Balaban J connectivity index is 1.70. The van der Waals surface area contributed by atoms with Crippen molar-refractivity contribution in [3.63, 3.8) is 0 Å². The van der Waals surface area contributed by atoms with E-state index < -0.39 is 17.1 Å². The molecule has 0 aliphatic carbocycles. The van der Waals surface area contributed by atoms with Crippen LogP contribution >= 0.6 is 0 Å². The summed E-state index contributed by atoms with van der Waals surface area (Å²) in [6.07, 6.45) is 4.97. The van der Waals surface area contributed by atoms with E-state index in [1.807, 2.05) is 0 Å². The van der Waals surface area contributed by atoms with Crippen LogP contribution in [0.2, 0.25) is 26.2 Å². The Morgan fingerprint density at radius 3 is 1.57 bits per heavy atom. The molecule has 0 N–H and O–H groups in total. The topological polar surface area (TPSA) is 46.2 Å². The first-order chi connectivity index (χ1) is 9.86. The summed E-state index contributed by atoms with van der Waals surface area (Å²) >= 11 is 0. The number of hydrogen-bond acceptors (Lipinski definition) is 5. The van der Waals surface area contributed by atoms with E-state index in [9.17, 15) is 0 Å². The van der Waals surface area contributed by atoms with Crippen molar-refractivity contribution >= 4 is 17.1 Å². The lowest BCUT2D eigenvalue weighted by Gasteiger charge is -2.33. The summed E-state index contributed by atoms with van der Waals surface area (Å²) in [5.41, 5.74) is 0. The second kappa shape index (κ2) is 7.67. The van der Waals surface area contributed by atoms with Gasteiger partial charge in [0.15, 0.2) is 0 Å². The van der Waals surface area contributed by atoms with Crippen LogP contribution in [-0.4, -0.2) is 55.8 Å². The Labute approximate surface area is 130 Å². The maximum atomic E-state index is 6.27. The molecule has 2 aliphatic rings. The average molecular weight is 335 g/mol. The molecule has 0 radical (unpaired) electrons. The van der Waals surface area contributed by atoms with E-state index in [2.05, 4.69) is 26.2 Å². The van der Waals surface area contributed by atoms with Crippen LogP contribution in [0.1, 0.15) is 25.7 Å². The fraction of sp³-hybridized carbons (Fsp3) is 1.00. The van der Waals surface area contributed by atoms with Crippen LogP contribution in [0, 0.1) is 0 Å². The summed E-state index contributed by atoms with van der Waals surface area (Å²) in [5, 5.41) is 0. The van der Waals surface area contributed by atoms with Gasteiger partial charge in [-0.15, -0.1) is 0 Å². The maximum absolute atomic E-state index is 6.27. The lowest BCUT2D eigenvalue weighted by Crippen LogP contribution is -2.50. The zero-order valence-electron chi connectivity index (χ0n) is 13.9. The average Bonchev–Trinajstić information content (AvgIpc) is 3.06. The highest BCUT2D eigenvalue weighted by molar-refractivity contribution is 6.78. The van der Waals surface area contributed by atoms with Crippen LogP contribution in [0.15, 0.2) is 0 Å². The van der Waals surface area contributed by atoms with E-state index in [-0.39, 0.29) is 12.2 Å². The van der Waals surface area contributed by atoms with Gasteiger partial charge in [0, 0.05) is 13.2 Å². The molecule has 2 saturated heterocycles. The first-order valence-electron chi connectivity index (χ1n) is 8.08. The summed E-state index contributed by atoms with van der Waals surface area (Å²) in [7, 11) is -4.33. The molecule has 2 aliphatic heterocycles. The predicted octanol–water partition coefficient (Wildman–Crippen LogP) is 2.80.